The molecular weight excluding hydrogens is 735 g/mol. The monoisotopic (exact) mass is 785 g/mol. The number of allylic oxidation sites excluding steroid dienone is 6. The van der Waals surface area contributed by atoms with Gasteiger partial charge in [0.2, 0.25) is 0 Å². The van der Waals surface area contributed by atoms with Gasteiger partial charge in [-0.3, -0.25) is 0 Å². The van der Waals surface area contributed by atoms with E-state index in [2.05, 4.69) is 220 Å². The normalized spacial score (nSPS) is 15.7. The Morgan fingerprint density at radius 2 is 1.03 bits per heavy atom. The summed E-state index contributed by atoms with van der Waals surface area (Å²) in [5, 5.41) is 2.48. The van der Waals surface area contributed by atoms with Gasteiger partial charge in [0, 0.05) is 16.8 Å². The van der Waals surface area contributed by atoms with Crippen LogP contribution in [0.1, 0.15) is 59.6 Å². The Labute approximate surface area is 361 Å². The number of benzene rings is 8. The van der Waals surface area contributed by atoms with Gasteiger partial charge >= 0.3 is 0 Å². The maximum Gasteiger partial charge on any atom is 0.0725 e. The number of nitrogens with zero attached hydrogens (tertiary/aromatic N) is 1. The predicted octanol–water partition coefficient (Wildman–Crippen LogP) is 16.2. The second-order valence-electron chi connectivity index (χ2n) is 17.0. The van der Waals surface area contributed by atoms with Crippen LogP contribution in [-0.4, -0.2) is 0 Å². The van der Waals surface area contributed by atoms with Crippen molar-refractivity contribution in [2.75, 3.05) is 4.90 Å². The molecule has 0 bridgehead atoms. The molecule has 1 heteroatoms. The lowest BCUT2D eigenvalue weighted by Gasteiger charge is -2.31. The van der Waals surface area contributed by atoms with Crippen LogP contribution in [0.5, 0.6) is 0 Å². The van der Waals surface area contributed by atoms with Gasteiger partial charge in [0.25, 0.3) is 0 Å². The largest absolute Gasteiger partial charge is 0.310 e. The van der Waals surface area contributed by atoms with Gasteiger partial charge in [-0.2, -0.15) is 0 Å². The zero-order valence-corrected chi connectivity index (χ0v) is 35.4. The molecule has 8 aromatic carbocycles. The average molecular weight is 786 g/mol. The lowest BCUT2D eigenvalue weighted by atomic mass is 9.70. The molecule has 4 aliphatic carbocycles. The minimum absolute atomic E-state index is 0.328. The van der Waals surface area contributed by atoms with Crippen molar-refractivity contribution in [2.45, 2.75) is 45.4 Å². The van der Waals surface area contributed by atoms with E-state index < -0.39 is 0 Å². The maximum atomic E-state index is 2.42. The predicted molar refractivity (Wildman–Crippen MR) is 259 cm³/mol. The summed E-state index contributed by atoms with van der Waals surface area (Å²) < 4.78 is 0. The van der Waals surface area contributed by atoms with Gasteiger partial charge in [-0.15, -0.1) is 0 Å². The highest BCUT2D eigenvalue weighted by atomic mass is 15.1. The highest BCUT2D eigenvalue weighted by Crippen LogP contribution is 2.63. The van der Waals surface area contributed by atoms with Crippen molar-refractivity contribution in [2.24, 2.45) is 5.92 Å². The van der Waals surface area contributed by atoms with Crippen LogP contribution < -0.4 is 4.90 Å². The number of rotatable bonds is 3. The molecule has 0 heterocycles. The molecule has 1 nitrogen and oxygen atoms in total. The number of anilines is 3. The Balaban J connectivity index is 0.000000204. The molecular formula is C60H51N. The topological polar surface area (TPSA) is 3.24 Å². The zero-order valence-electron chi connectivity index (χ0n) is 35.4. The fraction of sp³-hybridized carbons (Fsp3) is 0.133. The smallest absolute Gasteiger partial charge is 0.0725 e. The molecule has 0 radical (unpaired) electrons. The molecule has 0 saturated heterocycles. The van der Waals surface area contributed by atoms with E-state index in [1.807, 2.05) is 18.2 Å². The molecule has 0 saturated carbocycles. The van der Waals surface area contributed by atoms with Crippen LogP contribution in [0.15, 0.2) is 224 Å². The van der Waals surface area contributed by atoms with Crippen LogP contribution in [0.2, 0.25) is 0 Å². The molecule has 1 atom stereocenters. The van der Waals surface area contributed by atoms with E-state index in [0.717, 1.165) is 17.3 Å². The van der Waals surface area contributed by atoms with Crippen molar-refractivity contribution in [1.29, 1.82) is 0 Å². The molecule has 0 aliphatic heterocycles. The summed E-state index contributed by atoms with van der Waals surface area (Å²) in [5.41, 5.74) is 19.6. The highest BCUT2D eigenvalue weighted by molar-refractivity contribution is 6.01. The zero-order chi connectivity index (χ0) is 41.3. The van der Waals surface area contributed by atoms with Crippen molar-refractivity contribution in [3.63, 3.8) is 0 Å². The molecule has 4 aliphatic rings. The van der Waals surface area contributed by atoms with Crippen molar-refractivity contribution in [1.82, 2.24) is 0 Å². The molecule has 1 unspecified atom stereocenters. The summed E-state index contributed by atoms with van der Waals surface area (Å²) in [6.07, 6.45) is 13.0. The number of hydrogen-bond acceptors (Lipinski definition) is 1. The third kappa shape index (κ3) is 6.85. The quantitative estimate of drug-likeness (QED) is 0.172. The number of fused-ring (bicyclic) bond motifs is 12. The SMILES string of the molecule is CC1=CC=C2C=CCCC2C1.Cc1ccc(N(c2ccc3c(c2)-c2ccccc2C32c3ccccc3-c3ccccc32)c2cccc3ccccc23)cc1.Cc1ccccc1. The standard InChI is InChI=1S/C42H29N.C11H14.C7H8/c1-28-21-23-30(24-22-28)43(41-20-10-12-29-11-2-3-13-32(29)41)31-25-26-40-36(27-31)35-16-6-9-19-39(35)42(40)37-17-7-4-14-33(37)34-15-5-8-18-38(34)42;1-9-6-7-10-4-2-3-5-11(10)8-9;1-7-5-3-2-4-6-7/h2-27H,1H3;2,4,6-7,11H,3,5,8H2,1H3;2-6H,1H3. The molecule has 1 spiro atoms. The Kier molecular flexibility index (Phi) is 10.2. The van der Waals surface area contributed by atoms with Gasteiger partial charge in [0.05, 0.1) is 11.1 Å². The average Bonchev–Trinajstić information content (AvgIpc) is 3.78. The van der Waals surface area contributed by atoms with E-state index in [4.69, 9.17) is 0 Å². The van der Waals surface area contributed by atoms with E-state index in [9.17, 15) is 0 Å². The minimum atomic E-state index is -0.328. The molecule has 12 rings (SSSR count). The first-order chi connectivity index (χ1) is 30.0. The Bertz CT molecular complexity index is 2930. The van der Waals surface area contributed by atoms with Gasteiger partial charge in [-0.1, -0.05) is 199 Å². The Morgan fingerprint density at radius 3 is 1.70 bits per heavy atom. The summed E-state index contributed by atoms with van der Waals surface area (Å²) in [6.45, 7) is 6.46. The Morgan fingerprint density at radius 1 is 0.475 bits per heavy atom. The van der Waals surface area contributed by atoms with Crippen molar-refractivity contribution in [3.8, 4) is 22.3 Å². The molecule has 0 aromatic heterocycles. The highest BCUT2D eigenvalue weighted by Gasteiger charge is 2.51. The Hall–Kier alpha value is -6.96. The molecule has 0 N–H and O–H groups in total. The van der Waals surface area contributed by atoms with Crippen LogP contribution in [0.4, 0.5) is 17.1 Å². The second kappa shape index (κ2) is 16.2. The van der Waals surface area contributed by atoms with Crippen LogP contribution in [0, 0.1) is 19.8 Å². The van der Waals surface area contributed by atoms with Gasteiger partial charge in [0.1, 0.15) is 0 Å². The molecule has 61 heavy (non-hydrogen) atoms. The van der Waals surface area contributed by atoms with E-state index in [0.29, 0.717) is 0 Å². The summed E-state index contributed by atoms with van der Waals surface area (Å²) in [5.74, 6) is 0.838. The van der Waals surface area contributed by atoms with Crippen molar-refractivity contribution >= 4 is 27.8 Å². The number of hydrogen-bond donors (Lipinski definition) is 0. The van der Waals surface area contributed by atoms with Crippen LogP contribution >= 0.6 is 0 Å². The third-order valence-corrected chi connectivity index (χ3v) is 13.1. The summed E-state index contributed by atoms with van der Waals surface area (Å²) in [4.78, 5) is 2.42. The molecule has 8 aromatic rings. The molecule has 296 valence electrons. The van der Waals surface area contributed by atoms with E-state index >= 15 is 0 Å². The minimum Gasteiger partial charge on any atom is -0.310 e. The summed E-state index contributed by atoms with van der Waals surface area (Å²) >= 11 is 0. The lowest BCUT2D eigenvalue weighted by molar-refractivity contribution is 0.551. The molecule has 0 fully saturated rings. The maximum absolute atomic E-state index is 2.42. The fourth-order valence-corrected chi connectivity index (χ4v) is 10.2. The van der Waals surface area contributed by atoms with Gasteiger partial charge in [0.15, 0.2) is 0 Å². The van der Waals surface area contributed by atoms with Crippen molar-refractivity contribution < 1.29 is 0 Å². The second-order valence-corrected chi connectivity index (χ2v) is 17.0. The van der Waals surface area contributed by atoms with Gasteiger partial charge in [-0.05, 0) is 132 Å². The summed E-state index contributed by atoms with van der Waals surface area (Å²) in [6, 6.07) is 68.6. The first kappa shape index (κ1) is 38.3. The lowest BCUT2D eigenvalue weighted by Crippen LogP contribution is -2.25. The van der Waals surface area contributed by atoms with Gasteiger partial charge < -0.3 is 4.90 Å². The van der Waals surface area contributed by atoms with Gasteiger partial charge in [-0.25, -0.2) is 0 Å². The van der Waals surface area contributed by atoms with E-state index in [1.165, 1.54) is 96.9 Å². The van der Waals surface area contributed by atoms with Crippen LogP contribution in [0.3, 0.4) is 0 Å². The molecule has 0 amide bonds. The van der Waals surface area contributed by atoms with E-state index in [-0.39, 0.29) is 5.41 Å². The third-order valence-electron chi connectivity index (χ3n) is 13.1. The number of aryl methyl sites for hydroxylation is 2. The van der Waals surface area contributed by atoms with Crippen LogP contribution in [0.25, 0.3) is 33.0 Å². The summed E-state index contributed by atoms with van der Waals surface area (Å²) in [7, 11) is 0. The first-order valence-electron chi connectivity index (χ1n) is 21.8. The van der Waals surface area contributed by atoms with Crippen LogP contribution in [-0.2, 0) is 5.41 Å². The van der Waals surface area contributed by atoms with E-state index in [1.54, 1.807) is 5.57 Å². The fourth-order valence-electron chi connectivity index (χ4n) is 10.2. The van der Waals surface area contributed by atoms with Crippen molar-refractivity contribution in [3.05, 3.63) is 257 Å². The first-order valence-corrected chi connectivity index (χ1v) is 21.8.